The van der Waals surface area contributed by atoms with Crippen LogP contribution in [0.5, 0.6) is 0 Å². The van der Waals surface area contributed by atoms with Crippen molar-refractivity contribution in [2.75, 3.05) is 0 Å². The number of aromatic nitrogens is 2. The van der Waals surface area contributed by atoms with Gasteiger partial charge in [0.15, 0.2) is 11.2 Å². The standard InChI is InChI=1S/C57H36N2O/c1-31-28-36(57-59-56-47(60-57)27-24-33(3)58-56)29-32(2)48(31)41-25-26-44-51-40(41)21-13-23-43(51)54-49(34-14-6-4-7-15-34)46-30-45-38-19-11-10-18-37(38)39-20-12-22-42(52(39)45)53(46)50(55(44)54)35-16-8-5-9-17-35/h4-30H,1-3H3. The lowest BCUT2D eigenvalue weighted by Gasteiger charge is -2.19. The van der Waals surface area contributed by atoms with E-state index in [2.05, 4.69) is 170 Å². The first-order valence-electron chi connectivity index (χ1n) is 20.7. The van der Waals surface area contributed by atoms with Crippen molar-refractivity contribution in [1.29, 1.82) is 0 Å². The summed E-state index contributed by atoms with van der Waals surface area (Å²) in [5.41, 5.74) is 13.1. The summed E-state index contributed by atoms with van der Waals surface area (Å²) in [6.45, 7) is 6.40. The molecule has 0 bridgehead atoms. The molecule has 0 unspecified atom stereocenters. The first-order valence-corrected chi connectivity index (χ1v) is 20.7. The molecule has 11 aromatic carbocycles. The third kappa shape index (κ3) is 4.49. The largest absolute Gasteiger partial charge is 0.434 e. The van der Waals surface area contributed by atoms with E-state index >= 15 is 0 Å². The molecule has 2 heterocycles. The highest BCUT2D eigenvalue weighted by molar-refractivity contribution is 6.45. The highest BCUT2D eigenvalue weighted by Crippen LogP contribution is 2.55. The van der Waals surface area contributed by atoms with Crippen molar-refractivity contribution >= 4 is 86.6 Å². The van der Waals surface area contributed by atoms with Crippen LogP contribution in [-0.4, -0.2) is 9.97 Å². The van der Waals surface area contributed by atoms with Gasteiger partial charge in [-0.1, -0.05) is 133 Å². The Kier molecular flexibility index (Phi) is 6.78. The second-order valence-electron chi connectivity index (χ2n) is 16.5. The van der Waals surface area contributed by atoms with Crippen molar-refractivity contribution in [2.45, 2.75) is 20.8 Å². The molecule has 0 atom stereocenters. The summed E-state index contributed by atoms with van der Waals surface area (Å²) in [6.07, 6.45) is 0. The zero-order chi connectivity index (χ0) is 39.8. The van der Waals surface area contributed by atoms with Crippen LogP contribution in [-0.2, 0) is 0 Å². The highest BCUT2D eigenvalue weighted by Gasteiger charge is 2.27. The van der Waals surface area contributed by atoms with Gasteiger partial charge < -0.3 is 4.42 Å². The summed E-state index contributed by atoms with van der Waals surface area (Å²) >= 11 is 0. The first-order chi connectivity index (χ1) is 29.5. The Morgan fingerprint density at radius 3 is 1.65 bits per heavy atom. The van der Waals surface area contributed by atoms with Crippen LogP contribution in [0.1, 0.15) is 16.8 Å². The summed E-state index contributed by atoms with van der Waals surface area (Å²) in [5.74, 6) is 0.594. The van der Waals surface area contributed by atoms with Crippen LogP contribution in [0.2, 0.25) is 0 Å². The molecule has 0 radical (unpaired) electrons. The van der Waals surface area contributed by atoms with Gasteiger partial charge in [0.2, 0.25) is 5.89 Å². The minimum Gasteiger partial charge on any atom is -0.434 e. The molecule has 0 spiro atoms. The molecule has 0 fully saturated rings. The Morgan fingerprint density at radius 1 is 0.350 bits per heavy atom. The van der Waals surface area contributed by atoms with Crippen LogP contribution < -0.4 is 0 Å². The number of nitrogens with zero attached hydrogens (tertiary/aromatic N) is 2. The smallest absolute Gasteiger partial charge is 0.228 e. The van der Waals surface area contributed by atoms with Crippen LogP contribution in [0.3, 0.4) is 0 Å². The Balaban J connectivity index is 1.18. The van der Waals surface area contributed by atoms with Crippen LogP contribution in [0.4, 0.5) is 0 Å². The molecule has 0 aliphatic carbocycles. The minimum atomic E-state index is 0.594. The zero-order valence-corrected chi connectivity index (χ0v) is 33.4. The molecule has 3 nitrogen and oxygen atoms in total. The van der Waals surface area contributed by atoms with E-state index in [0.29, 0.717) is 17.1 Å². The number of fused-ring (bicyclic) bond motifs is 9. The maximum atomic E-state index is 6.23. The van der Waals surface area contributed by atoms with Gasteiger partial charge in [-0.05, 0) is 171 Å². The maximum Gasteiger partial charge on any atom is 0.228 e. The molecule has 3 heteroatoms. The van der Waals surface area contributed by atoms with E-state index in [1.165, 1.54) is 120 Å². The Labute approximate surface area is 345 Å². The summed E-state index contributed by atoms with van der Waals surface area (Å²) in [6, 6.07) is 60.6. The normalized spacial score (nSPS) is 12.2. The number of hydrogen-bond donors (Lipinski definition) is 0. The van der Waals surface area contributed by atoms with Crippen molar-refractivity contribution in [3.63, 3.8) is 0 Å². The zero-order valence-electron chi connectivity index (χ0n) is 33.4. The van der Waals surface area contributed by atoms with E-state index in [4.69, 9.17) is 9.40 Å². The quantitative estimate of drug-likeness (QED) is 0.168. The highest BCUT2D eigenvalue weighted by atomic mass is 16.3. The number of rotatable bonds is 4. The molecule has 280 valence electrons. The fraction of sp³-hybridized carbons (Fsp3) is 0.0526. The predicted molar refractivity (Wildman–Crippen MR) is 253 cm³/mol. The van der Waals surface area contributed by atoms with Gasteiger partial charge in [-0.2, -0.15) is 4.98 Å². The monoisotopic (exact) mass is 764 g/mol. The summed E-state index contributed by atoms with van der Waals surface area (Å²) in [5, 5.41) is 18.2. The molecule has 0 amide bonds. The maximum absolute atomic E-state index is 6.23. The van der Waals surface area contributed by atoms with Crippen molar-refractivity contribution in [2.24, 2.45) is 0 Å². The topological polar surface area (TPSA) is 38.9 Å². The Hall–Kier alpha value is -7.62. The molecule has 13 aromatic rings. The molecule has 0 saturated carbocycles. The van der Waals surface area contributed by atoms with Gasteiger partial charge in [-0.15, -0.1) is 0 Å². The third-order valence-corrected chi connectivity index (χ3v) is 13.1. The average Bonchev–Trinajstić information content (AvgIpc) is 3.96. The van der Waals surface area contributed by atoms with E-state index in [1.54, 1.807) is 0 Å². The van der Waals surface area contributed by atoms with E-state index in [-0.39, 0.29) is 0 Å². The molecule has 0 aliphatic heterocycles. The molecule has 2 aromatic heterocycles. The molecule has 0 saturated heterocycles. The third-order valence-electron chi connectivity index (χ3n) is 13.1. The van der Waals surface area contributed by atoms with Gasteiger partial charge in [-0.25, -0.2) is 4.98 Å². The molecule has 60 heavy (non-hydrogen) atoms. The number of benzene rings is 9. The van der Waals surface area contributed by atoms with Gasteiger partial charge in [-0.3, -0.25) is 0 Å². The number of pyridine rings is 1. The molecule has 13 rings (SSSR count). The molecule has 0 N–H and O–H groups in total. The molecular formula is C57H36N2O. The van der Waals surface area contributed by atoms with E-state index in [0.717, 1.165) is 11.3 Å². The summed E-state index contributed by atoms with van der Waals surface area (Å²) in [4.78, 5) is 9.39. The lowest BCUT2D eigenvalue weighted by molar-refractivity contribution is 0.619. The van der Waals surface area contributed by atoms with Crippen molar-refractivity contribution in [1.82, 2.24) is 9.97 Å². The van der Waals surface area contributed by atoms with Crippen LogP contribution in [0.25, 0.3) is 131 Å². The van der Waals surface area contributed by atoms with Gasteiger partial charge >= 0.3 is 0 Å². The lowest BCUT2D eigenvalue weighted by atomic mass is 9.84. The van der Waals surface area contributed by atoms with Gasteiger partial charge in [0, 0.05) is 11.3 Å². The fourth-order valence-corrected chi connectivity index (χ4v) is 10.8. The lowest BCUT2D eigenvalue weighted by Crippen LogP contribution is -1.92. The fourth-order valence-electron chi connectivity index (χ4n) is 10.8. The molecular weight excluding hydrogens is 729 g/mol. The average molecular weight is 765 g/mol. The Bertz CT molecular complexity index is 3880. The SMILES string of the molecule is Cc1ccc2oc(-c3cc(C)c(-c4ccc5c6c(-c7ccccc7)c7c(cc8c9ccccc9c9cccc7c98)c(-c7ccccc7)c6c6cccc4c65)c(C)c3)nc2n1. The van der Waals surface area contributed by atoms with Crippen molar-refractivity contribution in [3.8, 4) is 44.8 Å². The van der Waals surface area contributed by atoms with Gasteiger partial charge in [0.25, 0.3) is 0 Å². The van der Waals surface area contributed by atoms with Crippen LogP contribution in [0, 0.1) is 20.8 Å². The van der Waals surface area contributed by atoms with E-state index in [9.17, 15) is 0 Å². The summed E-state index contributed by atoms with van der Waals surface area (Å²) < 4.78 is 6.23. The minimum absolute atomic E-state index is 0.594. The predicted octanol–water partition coefficient (Wildman–Crippen LogP) is 15.8. The number of oxazole rings is 1. The van der Waals surface area contributed by atoms with Crippen molar-refractivity contribution < 1.29 is 4.42 Å². The van der Waals surface area contributed by atoms with Crippen LogP contribution >= 0.6 is 0 Å². The summed E-state index contributed by atoms with van der Waals surface area (Å²) in [7, 11) is 0. The van der Waals surface area contributed by atoms with Gasteiger partial charge in [0.1, 0.15) is 0 Å². The number of hydrogen-bond acceptors (Lipinski definition) is 3. The van der Waals surface area contributed by atoms with Crippen LogP contribution in [0.15, 0.2) is 168 Å². The first kappa shape index (κ1) is 33.4. The second-order valence-corrected chi connectivity index (χ2v) is 16.5. The molecule has 0 aliphatic rings. The van der Waals surface area contributed by atoms with E-state index < -0.39 is 0 Å². The second kappa shape index (κ2) is 12.2. The van der Waals surface area contributed by atoms with Gasteiger partial charge in [0.05, 0.1) is 0 Å². The van der Waals surface area contributed by atoms with Crippen molar-refractivity contribution in [3.05, 3.63) is 181 Å². The van der Waals surface area contributed by atoms with E-state index in [1.807, 2.05) is 19.1 Å². The number of aryl methyl sites for hydroxylation is 3. The Morgan fingerprint density at radius 2 is 0.917 bits per heavy atom.